The molecule has 0 spiro atoms. The number of benzene rings is 3. The first kappa shape index (κ1) is 35.8. The van der Waals surface area contributed by atoms with Crippen molar-refractivity contribution in [2.75, 3.05) is 23.3 Å². The highest BCUT2D eigenvalue weighted by Crippen LogP contribution is 2.32. The van der Waals surface area contributed by atoms with Crippen LogP contribution in [0.3, 0.4) is 0 Å². The normalized spacial score (nSPS) is 14.2. The Balaban J connectivity index is 0.000000344. The number of hydrogen-bond acceptors (Lipinski definition) is 5. The number of piperidine rings is 1. The number of aliphatic imine (C=N–C) groups is 1. The van der Waals surface area contributed by atoms with Gasteiger partial charge >= 0.3 is 6.18 Å². The molecule has 1 aliphatic rings. The number of nitrogens with two attached hydrogens (primary N) is 1. The van der Waals surface area contributed by atoms with Crippen molar-refractivity contribution in [1.82, 2.24) is 5.32 Å². The van der Waals surface area contributed by atoms with Gasteiger partial charge in [0, 0.05) is 54.9 Å². The summed E-state index contributed by atoms with van der Waals surface area (Å²) in [5.41, 5.74) is 11.0. The van der Waals surface area contributed by atoms with Gasteiger partial charge in [0.2, 0.25) is 6.41 Å². The third-order valence-electron chi connectivity index (χ3n) is 7.49. The molecule has 0 bridgehead atoms. The molecule has 0 aliphatic carbocycles. The summed E-state index contributed by atoms with van der Waals surface area (Å²) < 4.78 is 36.6. The van der Waals surface area contributed by atoms with Gasteiger partial charge in [-0.05, 0) is 92.8 Å². The van der Waals surface area contributed by atoms with Crippen molar-refractivity contribution in [3.63, 3.8) is 0 Å². The quantitative estimate of drug-likeness (QED) is 0.115. The summed E-state index contributed by atoms with van der Waals surface area (Å²) in [6.45, 7) is 10.5. The molecule has 10 heteroatoms. The number of nitrogens with zero attached hydrogens (tertiary/aromatic N) is 2. The molecule has 4 N–H and O–H groups in total. The van der Waals surface area contributed by atoms with E-state index in [1.807, 2.05) is 50.4 Å². The first-order valence-electron chi connectivity index (χ1n) is 15.2. The number of rotatable bonds is 11. The Morgan fingerprint density at radius 1 is 1.04 bits per heavy atom. The first-order valence-corrected chi connectivity index (χ1v) is 15.2. The van der Waals surface area contributed by atoms with Crippen molar-refractivity contribution < 1.29 is 22.8 Å². The third kappa shape index (κ3) is 11.0. The minimum absolute atomic E-state index is 0.105. The Bertz CT molecular complexity index is 1530. The standard InChI is InChI=1S/C27H34N4O.C9H8F3NO/c1-4-20(2)13-14-29-21(3)25-18-24(31-15-6-5-7-16-31)11-12-26(25)30-27(32)23-10-8-9-22(17-23)19-28;10-9(11,12)8-3-1-2-7(4-8)5-13-6-14/h4,8-14,17-18,21H,1,5-7,15-16,19,28H2,2-3H3,(H,30,32);1-4,6H,5H2,(H,13,14)/b20-13-,29-14?;. The number of anilines is 2. The van der Waals surface area contributed by atoms with E-state index in [9.17, 15) is 22.8 Å². The van der Waals surface area contributed by atoms with Gasteiger partial charge in [-0.15, -0.1) is 0 Å². The largest absolute Gasteiger partial charge is 0.416 e. The van der Waals surface area contributed by atoms with Gasteiger partial charge in [0.1, 0.15) is 0 Å². The Morgan fingerprint density at radius 3 is 2.43 bits per heavy atom. The number of nitrogens with one attached hydrogen (secondary N) is 2. The molecule has 3 aromatic carbocycles. The number of allylic oxidation sites excluding steroid dienone is 3. The molecule has 0 radical (unpaired) electrons. The van der Waals surface area contributed by atoms with E-state index in [1.165, 1.54) is 37.1 Å². The van der Waals surface area contributed by atoms with Gasteiger partial charge in [0.25, 0.3) is 5.91 Å². The maximum atomic E-state index is 13.0. The van der Waals surface area contributed by atoms with Gasteiger partial charge in [-0.25, -0.2) is 0 Å². The van der Waals surface area contributed by atoms with E-state index in [2.05, 4.69) is 34.2 Å². The Morgan fingerprint density at radius 2 is 1.76 bits per heavy atom. The summed E-state index contributed by atoms with van der Waals surface area (Å²) in [5.74, 6) is -0.147. The van der Waals surface area contributed by atoms with Crippen LogP contribution in [0.5, 0.6) is 0 Å². The first-order chi connectivity index (χ1) is 22.0. The Hall–Kier alpha value is -4.70. The van der Waals surface area contributed by atoms with E-state index >= 15 is 0 Å². The smallest absolute Gasteiger partial charge is 0.372 e. The zero-order valence-electron chi connectivity index (χ0n) is 26.3. The Kier molecular flexibility index (Phi) is 13.8. The van der Waals surface area contributed by atoms with E-state index < -0.39 is 11.7 Å². The van der Waals surface area contributed by atoms with Crippen molar-refractivity contribution in [3.8, 4) is 0 Å². The lowest BCUT2D eigenvalue weighted by atomic mass is 10.0. The van der Waals surface area contributed by atoms with Crippen molar-refractivity contribution in [3.05, 3.63) is 119 Å². The lowest BCUT2D eigenvalue weighted by Crippen LogP contribution is -2.29. The number of halogens is 3. The van der Waals surface area contributed by atoms with Crippen LogP contribution in [-0.4, -0.2) is 31.6 Å². The fourth-order valence-electron chi connectivity index (χ4n) is 4.85. The van der Waals surface area contributed by atoms with Crippen LogP contribution in [0.4, 0.5) is 24.5 Å². The molecule has 4 rings (SSSR count). The van der Waals surface area contributed by atoms with Gasteiger partial charge in [0.15, 0.2) is 0 Å². The van der Waals surface area contributed by atoms with Crippen LogP contribution >= 0.6 is 0 Å². The molecule has 46 heavy (non-hydrogen) atoms. The number of alkyl halides is 3. The van der Waals surface area contributed by atoms with E-state index in [1.54, 1.807) is 12.1 Å². The highest BCUT2D eigenvalue weighted by atomic mass is 19.4. The molecular weight excluding hydrogens is 591 g/mol. The second-order valence-corrected chi connectivity index (χ2v) is 11.0. The van der Waals surface area contributed by atoms with Crippen LogP contribution in [0, 0.1) is 0 Å². The average molecular weight is 634 g/mol. The summed E-state index contributed by atoms with van der Waals surface area (Å²) in [6, 6.07) is 18.4. The van der Waals surface area contributed by atoms with Crippen LogP contribution in [-0.2, 0) is 24.1 Å². The number of carbonyl (C=O) groups is 2. The van der Waals surface area contributed by atoms with Crippen molar-refractivity contribution in [1.29, 1.82) is 0 Å². The van der Waals surface area contributed by atoms with Gasteiger partial charge < -0.3 is 21.3 Å². The topological polar surface area (TPSA) is 99.8 Å². The molecule has 1 unspecified atom stereocenters. The van der Waals surface area contributed by atoms with E-state index in [0.29, 0.717) is 24.1 Å². The number of carbonyl (C=O) groups excluding carboxylic acids is 2. The van der Waals surface area contributed by atoms with Gasteiger partial charge in [-0.2, -0.15) is 13.2 Å². The fourth-order valence-corrected chi connectivity index (χ4v) is 4.85. The summed E-state index contributed by atoms with van der Waals surface area (Å²) in [6.07, 6.45) is 5.37. The van der Waals surface area contributed by atoms with E-state index in [0.717, 1.165) is 47.6 Å². The van der Waals surface area contributed by atoms with Crippen molar-refractivity contribution in [2.45, 2.75) is 58.4 Å². The highest BCUT2D eigenvalue weighted by molar-refractivity contribution is 6.05. The lowest BCUT2D eigenvalue weighted by molar-refractivity contribution is -0.137. The van der Waals surface area contributed by atoms with Crippen molar-refractivity contribution >= 4 is 29.9 Å². The van der Waals surface area contributed by atoms with Gasteiger partial charge in [-0.3, -0.25) is 14.6 Å². The van der Waals surface area contributed by atoms with Crippen LogP contribution in [0.25, 0.3) is 0 Å². The molecule has 1 heterocycles. The van der Waals surface area contributed by atoms with Crippen LogP contribution in [0.1, 0.15) is 71.8 Å². The highest BCUT2D eigenvalue weighted by Gasteiger charge is 2.30. The molecular formula is C36H42F3N5O2. The molecule has 7 nitrogen and oxygen atoms in total. The number of amides is 2. The predicted octanol–water partition coefficient (Wildman–Crippen LogP) is 7.60. The Labute approximate surface area is 269 Å². The molecule has 0 aromatic heterocycles. The third-order valence-corrected chi connectivity index (χ3v) is 7.49. The minimum Gasteiger partial charge on any atom is -0.372 e. The predicted molar refractivity (Wildman–Crippen MR) is 180 cm³/mol. The second-order valence-electron chi connectivity index (χ2n) is 11.0. The number of hydrogen-bond donors (Lipinski definition) is 3. The second kappa shape index (κ2) is 17.7. The maximum absolute atomic E-state index is 13.0. The fraction of sp³-hybridized carbons (Fsp3) is 0.306. The van der Waals surface area contributed by atoms with Crippen LogP contribution < -0.4 is 21.3 Å². The minimum atomic E-state index is -4.34. The zero-order valence-corrected chi connectivity index (χ0v) is 26.3. The monoisotopic (exact) mass is 633 g/mol. The SMILES string of the molecule is C=C/C(C)=C\C=NC(C)c1cc(N2CCCCC2)ccc1NC(=O)c1cccc(CN)c1.O=CNCc1cccc(C(F)(F)F)c1. The van der Waals surface area contributed by atoms with E-state index in [4.69, 9.17) is 10.7 Å². The molecule has 1 fully saturated rings. The molecule has 3 aromatic rings. The molecule has 244 valence electrons. The summed E-state index contributed by atoms with van der Waals surface area (Å²) in [4.78, 5) is 30.0. The summed E-state index contributed by atoms with van der Waals surface area (Å²) in [5, 5.41) is 5.39. The molecule has 0 saturated carbocycles. The van der Waals surface area contributed by atoms with Gasteiger partial charge in [-0.1, -0.05) is 42.5 Å². The van der Waals surface area contributed by atoms with Crippen molar-refractivity contribution in [2.24, 2.45) is 10.7 Å². The van der Waals surface area contributed by atoms with Crippen LogP contribution in [0.2, 0.25) is 0 Å². The molecule has 1 atom stereocenters. The summed E-state index contributed by atoms with van der Waals surface area (Å²) in [7, 11) is 0. The maximum Gasteiger partial charge on any atom is 0.416 e. The molecule has 2 amide bonds. The van der Waals surface area contributed by atoms with Crippen LogP contribution in [0.15, 0.2) is 96.0 Å². The molecule has 1 saturated heterocycles. The van der Waals surface area contributed by atoms with E-state index in [-0.39, 0.29) is 18.5 Å². The lowest BCUT2D eigenvalue weighted by Gasteiger charge is -2.30. The van der Waals surface area contributed by atoms with Gasteiger partial charge in [0.05, 0.1) is 11.6 Å². The zero-order chi connectivity index (χ0) is 33.5. The summed E-state index contributed by atoms with van der Waals surface area (Å²) >= 11 is 0. The average Bonchev–Trinajstić information content (AvgIpc) is 3.07. The molecule has 1 aliphatic heterocycles.